The van der Waals surface area contributed by atoms with Crippen LogP contribution in [0.25, 0.3) is 0 Å². The minimum absolute atomic E-state index is 0.397. The molecule has 1 fully saturated rings. The number of hydrogen-bond acceptors (Lipinski definition) is 3. The summed E-state index contributed by atoms with van der Waals surface area (Å²) in [6.45, 7) is 2.20. The molecule has 1 aromatic rings. The van der Waals surface area contributed by atoms with Gasteiger partial charge in [-0.25, -0.2) is 0 Å². The van der Waals surface area contributed by atoms with Gasteiger partial charge in [-0.3, -0.25) is 0 Å². The summed E-state index contributed by atoms with van der Waals surface area (Å²) in [5, 5.41) is 3.65. The first kappa shape index (κ1) is 10.1. The van der Waals surface area contributed by atoms with Gasteiger partial charge in [0, 0.05) is 11.8 Å². The van der Waals surface area contributed by atoms with Gasteiger partial charge in [-0.15, -0.1) is 0 Å². The molecule has 0 aromatic carbocycles. The molecule has 1 aliphatic heterocycles. The molecule has 1 aliphatic rings. The molecule has 3 heteroatoms. The van der Waals surface area contributed by atoms with Gasteiger partial charge in [0.2, 0.25) is 0 Å². The van der Waals surface area contributed by atoms with Crippen molar-refractivity contribution in [1.29, 1.82) is 0 Å². The van der Waals surface area contributed by atoms with Crippen LogP contribution in [0.3, 0.4) is 0 Å². The molecule has 0 aliphatic carbocycles. The van der Waals surface area contributed by atoms with Gasteiger partial charge >= 0.3 is 0 Å². The molecule has 0 spiro atoms. The Balaban J connectivity index is 1.93. The third-order valence-electron chi connectivity index (χ3n) is 2.66. The molecule has 2 rings (SSSR count). The SMILES string of the molecule is CCC(NC1CCSC1)c1ccco1. The molecule has 78 valence electrons. The van der Waals surface area contributed by atoms with E-state index in [0.29, 0.717) is 12.1 Å². The highest BCUT2D eigenvalue weighted by Gasteiger charge is 2.20. The van der Waals surface area contributed by atoms with Crippen LogP contribution in [0.2, 0.25) is 0 Å². The molecular weight excluding hydrogens is 194 g/mol. The van der Waals surface area contributed by atoms with Crippen molar-refractivity contribution in [2.24, 2.45) is 0 Å². The van der Waals surface area contributed by atoms with E-state index in [1.165, 1.54) is 17.9 Å². The zero-order chi connectivity index (χ0) is 9.80. The molecule has 2 unspecified atom stereocenters. The van der Waals surface area contributed by atoms with Crippen LogP contribution in [-0.4, -0.2) is 17.5 Å². The number of hydrogen-bond donors (Lipinski definition) is 1. The van der Waals surface area contributed by atoms with Crippen molar-refractivity contribution in [3.63, 3.8) is 0 Å². The van der Waals surface area contributed by atoms with Gasteiger partial charge in [-0.05, 0) is 30.7 Å². The average molecular weight is 211 g/mol. The Kier molecular flexibility index (Phi) is 3.54. The van der Waals surface area contributed by atoms with Crippen LogP contribution in [0.15, 0.2) is 22.8 Å². The summed E-state index contributed by atoms with van der Waals surface area (Å²) in [4.78, 5) is 0. The van der Waals surface area contributed by atoms with Gasteiger partial charge in [0.05, 0.1) is 12.3 Å². The molecule has 2 nitrogen and oxygen atoms in total. The van der Waals surface area contributed by atoms with E-state index in [0.717, 1.165) is 12.2 Å². The lowest BCUT2D eigenvalue weighted by Gasteiger charge is -2.19. The topological polar surface area (TPSA) is 25.2 Å². The molecular formula is C11H17NOS. The van der Waals surface area contributed by atoms with E-state index in [2.05, 4.69) is 18.3 Å². The third kappa shape index (κ3) is 2.34. The van der Waals surface area contributed by atoms with Crippen LogP contribution < -0.4 is 5.32 Å². The van der Waals surface area contributed by atoms with Crippen LogP contribution in [0.5, 0.6) is 0 Å². The Morgan fingerprint density at radius 2 is 2.64 bits per heavy atom. The summed E-state index contributed by atoms with van der Waals surface area (Å²) in [6.07, 6.45) is 4.14. The summed E-state index contributed by atoms with van der Waals surface area (Å²) in [5.41, 5.74) is 0. The zero-order valence-electron chi connectivity index (χ0n) is 8.53. The smallest absolute Gasteiger partial charge is 0.120 e. The molecule has 2 atom stereocenters. The number of furan rings is 1. The highest BCUT2D eigenvalue weighted by molar-refractivity contribution is 7.99. The standard InChI is InChI=1S/C11H17NOS/c1-2-10(11-4-3-6-13-11)12-9-5-7-14-8-9/h3-4,6,9-10,12H,2,5,7-8H2,1H3. The second kappa shape index (κ2) is 4.89. The van der Waals surface area contributed by atoms with Crippen molar-refractivity contribution < 1.29 is 4.42 Å². The van der Waals surface area contributed by atoms with Gasteiger partial charge in [0.15, 0.2) is 0 Å². The lowest BCUT2D eigenvalue weighted by molar-refractivity contribution is 0.375. The molecule has 0 amide bonds. The fraction of sp³-hybridized carbons (Fsp3) is 0.636. The van der Waals surface area contributed by atoms with Crippen LogP contribution in [-0.2, 0) is 0 Å². The Labute approximate surface area is 89.4 Å². The van der Waals surface area contributed by atoms with Gasteiger partial charge in [0.1, 0.15) is 5.76 Å². The first-order valence-corrected chi connectivity index (χ1v) is 6.43. The molecule has 1 N–H and O–H groups in total. The van der Waals surface area contributed by atoms with Crippen LogP contribution in [0.4, 0.5) is 0 Å². The summed E-state index contributed by atoms with van der Waals surface area (Å²) in [6, 6.07) is 5.09. The lowest BCUT2D eigenvalue weighted by atomic mass is 10.1. The maximum Gasteiger partial charge on any atom is 0.120 e. The molecule has 0 bridgehead atoms. The first-order chi connectivity index (χ1) is 6.90. The summed E-state index contributed by atoms with van der Waals surface area (Å²) >= 11 is 2.04. The van der Waals surface area contributed by atoms with Crippen molar-refractivity contribution in [3.8, 4) is 0 Å². The second-order valence-corrected chi connectivity index (χ2v) is 4.85. The largest absolute Gasteiger partial charge is 0.468 e. The minimum atomic E-state index is 0.397. The first-order valence-electron chi connectivity index (χ1n) is 5.27. The van der Waals surface area contributed by atoms with Gasteiger partial charge in [-0.1, -0.05) is 6.92 Å². The third-order valence-corrected chi connectivity index (χ3v) is 3.82. The zero-order valence-corrected chi connectivity index (χ0v) is 9.35. The van der Waals surface area contributed by atoms with E-state index in [-0.39, 0.29) is 0 Å². The Hall–Kier alpha value is -0.410. The maximum absolute atomic E-state index is 5.43. The molecule has 0 saturated carbocycles. The predicted molar refractivity (Wildman–Crippen MR) is 60.6 cm³/mol. The normalized spacial score (nSPS) is 23.9. The second-order valence-electron chi connectivity index (χ2n) is 3.70. The van der Waals surface area contributed by atoms with Crippen molar-refractivity contribution in [2.75, 3.05) is 11.5 Å². The van der Waals surface area contributed by atoms with E-state index in [4.69, 9.17) is 4.42 Å². The Morgan fingerprint density at radius 3 is 3.21 bits per heavy atom. The lowest BCUT2D eigenvalue weighted by Crippen LogP contribution is -2.32. The number of rotatable bonds is 4. The van der Waals surface area contributed by atoms with Crippen molar-refractivity contribution in [2.45, 2.75) is 31.8 Å². The molecule has 2 heterocycles. The van der Waals surface area contributed by atoms with Crippen LogP contribution in [0.1, 0.15) is 31.6 Å². The predicted octanol–water partition coefficient (Wildman–Crippen LogP) is 2.83. The van der Waals surface area contributed by atoms with E-state index >= 15 is 0 Å². The van der Waals surface area contributed by atoms with Crippen molar-refractivity contribution in [3.05, 3.63) is 24.2 Å². The summed E-state index contributed by atoms with van der Waals surface area (Å²) < 4.78 is 5.43. The van der Waals surface area contributed by atoms with Crippen LogP contribution in [0, 0.1) is 0 Å². The molecule has 14 heavy (non-hydrogen) atoms. The van der Waals surface area contributed by atoms with Gasteiger partial charge < -0.3 is 9.73 Å². The van der Waals surface area contributed by atoms with Crippen molar-refractivity contribution in [1.82, 2.24) is 5.32 Å². The van der Waals surface area contributed by atoms with E-state index in [1.807, 2.05) is 17.8 Å². The highest BCUT2D eigenvalue weighted by Crippen LogP contribution is 2.23. The van der Waals surface area contributed by atoms with E-state index in [1.54, 1.807) is 6.26 Å². The summed E-state index contributed by atoms with van der Waals surface area (Å²) in [5.74, 6) is 3.62. The maximum atomic E-state index is 5.43. The van der Waals surface area contributed by atoms with Crippen molar-refractivity contribution >= 4 is 11.8 Å². The van der Waals surface area contributed by atoms with E-state index < -0.39 is 0 Å². The molecule has 1 aromatic heterocycles. The Morgan fingerprint density at radius 1 is 1.71 bits per heavy atom. The Bertz CT molecular complexity index is 254. The van der Waals surface area contributed by atoms with Gasteiger partial charge in [0.25, 0.3) is 0 Å². The molecule has 1 saturated heterocycles. The minimum Gasteiger partial charge on any atom is -0.468 e. The van der Waals surface area contributed by atoms with Gasteiger partial charge in [-0.2, -0.15) is 11.8 Å². The quantitative estimate of drug-likeness (QED) is 0.829. The molecule has 0 radical (unpaired) electrons. The van der Waals surface area contributed by atoms with E-state index in [9.17, 15) is 0 Å². The average Bonchev–Trinajstić information content (AvgIpc) is 2.86. The highest BCUT2D eigenvalue weighted by atomic mass is 32.2. The number of thioether (sulfide) groups is 1. The summed E-state index contributed by atoms with van der Waals surface area (Å²) in [7, 11) is 0. The fourth-order valence-corrected chi connectivity index (χ4v) is 3.01. The number of nitrogens with one attached hydrogen (secondary N) is 1. The monoisotopic (exact) mass is 211 g/mol. The fourth-order valence-electron chi connectivity index (χ4n) is 1.84. The van der Waals surface area contributed by atoms with Crippen LogP contribution >= 0.6 is 11.8 Å².